The Bertz CT molecular complexity index is 2750. The van der Waals surface area contributed by atoms with E-state index in [1.165, 1.54) is 48.5 Å². The monoisotopic (exact) mass is 1060 g/mol. The fraction of sp³-hybridized carbons (Fsp3) is 0.159. The number of carbonyl (C=O) groups excluding carboxylic acids is 2. The predicted molar refractivity (Wildman–Crippen MR) is 234 cm³/mol. The Morgan fingerprint density at radius 2 is 1.03 bits per heavy atom. The van der Waals surface area contributed by atoms with Crippen LogP contribution in [0.25, 0.3) is 56.5 Å². The van der Waals surface area contributed by atoms with Crippen LogP contribution in [0.15, 0.2) is 127 Å². The predicted octanol–water partition coefficient (Wildman–Crippen LogP) is 8.53. The van der Waals surface area contributed by atoms with Gasteiger partial charge in [0, 0.05) is 65.9 Å². The second-order valence-corrected chi connectivity index (χ2v) is 15.2. The van der Waals surface area contributed by atoms with Gasteiger partial charge in [-0.3, -0.25) is 0 Å². The van der Waals surface area contributed by atoms with E-state index in [1.807, 2.05) is 55.6 Å². The molecule has 4 aromatic heterocycles. The van der Waals surface area contributed by atoms with Gasteiger partial charge in [0.15, 0.2) is 23.3 Å². The third-order valence-corrected chi connectivity index (χ3v) is 9.89. The number of aromatic nitrogens is 6. The summed E-state index contributed by atoms with van der Waals surface area (Å²) in [7, 11) is 0. The zero-order valence-corrected chi connectivity index (χ0v) is 40.7. The van der Waals surface area contributed by atoms with E-state index >= 15 is 0 Å². The fourth-order valence-electron chi connectivity index (χ4n) is 6.28. The Morgan fingerprint density at radius 1 is 0.657 bits per heavy atom. The summed E-state index contributed by atoms with van der Waals surface area (Å²) in [5.41, 5.74) is 6.45. The van der Waals surface area contributed by atoms with Crippen molar-refractivity contribution in [2.75, 3.05) is 0 Å². The van der Waals surface area contributed by atoms with Gasteiger partial charge >= 0.3 is 48.4 Å². The van der Waals surface area contributed by atoms with Crippen molar-refractivity contribution in [2.45, 2.75) is 46.5 Å². The summed E-state index contributed by atoms with van der Waals surface area (Å²) < 4.78 is 99.4. The smallest absolute Gasteiger partial charge is 1.00 e. The summed E-state index contributed by atoms with van der Waals surface area (Å²) in [6, 6.07) is 25.8. The molecule has 1 N–H and O–H groups in total. The minimum absolute atomic E-state index is 0. The number of benzene rings is 4. The van der Waals surface area contributed by atoms with Gasteiger partial charge in [-0.2, -0.15) is 19.8 Å². The van der Waals surface area contributed by atoms with Crippen LogP contribution < -0.4 is 39.0 Å². The molecule has 0 bridgehead atoms. The Labute approximate surface area is 419 Å². The van der Waals surface area contributed by atoms with E-state index in [9.17, 15) is 31.4 Å². The van der Waals surface area contributed by atoms with Gasteiger partial charge in [-0.1, -0.05) is 38.8 Å². The number of ether oxygens (including phenoxy) is 2. The zero-order chi connectivity index (χ0) is 47.1. The molecule has 4 heterocycles. The van der Waals surface area contributed by atoms with Gasteiger partial charge in [0.25, 0.3) is 0 Å². The van der Waals surface area contributed by atoms with E-state index in [1.54, 1.807) is 35.5 Å². The van der Waals surface area contributed by atoms with Crippen LogP contribution in [0, 0.1) is 13.8 Å². The molecule has 0 fully saturated rings. The van der Waals surface area contributed by atoms with Crippen LogP contribution in [0.5, 0.6) is 11.5 Å². The topological polar surface area (TPSA) is 161 Å². The molecule has 0 unspecified atom stereocenters. The second-order valence-electron chi connectivity index (χ2n) is 13.4. The van der Waals surface area contributed by atoms with Gasteiger partial charge in [0.05, 0.1) is 29.4 Å². The Balaban J connectivity index is 0.000000327. The van der Waals surface area contributed by atoms with Crippen LogP contribution in [-0.2, 0) is 22.6 Å². The second kappa shape index (κ2) is 23.3. The number of aliphatic hydroxyl groups excluding tert-OH is 1. The van der Waals surface area contributed by atoms with Crippen molar-refractivity contribution >= 4 is 46.4 Å². The molecule has 8 rings (SSSR count). The van der Waals surface area contributed by atoms with E-state index in [0.29, 0.717) is 62.8 Å². The summed E-state index contributed by atoms with van der Waals surface area (Å²) in [6.45, 7) is 5.23. The summed E-state index contributed by atoms with van der Waals surface area (Å²) >= 11 is 6.95. The number of nitrogens with zero attached hydrogens (tertiary/aromatic N) is 6. The molecule has 4 aromatic carbocycles. The van der Waals surface area contributed by atoms with Gasteiger partial charge in [-0.05, 0) is 103 Å². The van der Waals surface area contributed by atoms with Crippen molar-refractivity contribution < 1.29 is 90.3 Å². The molecule has 0 amide bonds. The molecule has 23 heteroatoms. The van der Waals surface area contributed by atoms with Gasteiger partial charge in [0.1, 0.15) is 22.9 Å². The molecule has 0 spiro atoms. The molecule has 67 heavy (non-hydrogen) atoms. The first-order valence-corrected chi connectivity index (χ1v) is 20.4. The number of alkyl halides is 6. The van der Waals surface area contributed by atoms with Crippen LogP contribution in [-0.4, -0.2) is 61.9 Å². The fourth-order valence-corrected chi connectivity index (χ4v) is 7.01. The number of aliphatic hydroxyl groups is 1. The molecular formula is C44H33BBr2F6N6NaO7. The third kappa shape index (κ3) is 14.1. The van der Waals surface area contributed by atoms with Crippen molar-refractivity contribution in [3.8, 4) is 68.0 Å². The van der Waals surface area contributed by atoms with E-state index in [0.717, 1.165) is 32.3 Å². The molecule has 0 aliphatic carbocycles. The number of hydrogen-bond donors (Lipinski definition) is 1. The summed E-state index contributed by atoms with van der Waals surface area (Å²) in [4.78, 5) is 25.2. The standard InChI is InChI=1S/C22H17BrF3N3O2.C21H15BrF3N3O3.CO2.B.Na.H/c1-3-16-10-11-29(28-16)19-9-6-15(23)12-18(19)21-20(27-13(2)30-21)14-4-7-17(8-5-14)31-22(24,25)26;1-12-26-19(13-2-5-16(6-3-13)31-21(23,24)25)20(30-12)17-10-14(22)4-7-18(17)28-9-8-15(11-29)27-28;2-1-3;;;/h4-12H,3H2,1-2H3;2-10,29H,11H2,1H3;;;;/q;;;;+1;-1. The Hall–Kier alpha value is -5.74. The maximum Gasteiger partial charge on any atom is 1.00 e. The number of hydrogen-bond acceptors (Lipinski definition) is 11. The molecule has 8 aromatic rings. The van der Waals surface area contributed by atoms with E-state index in [4.69, 9.17) is 18.4 Å². The van der Waals surface area contributed by atoms with E-state index < -0.39 is 12.7 Å². The van der Waals surface area contributed by atoms with Crippen LogP contribution in [0.4, 0.5) is 26.3 Å². The largest absolute Gasteiger partial charge is 1.00 e. The number of oxazole rings is 2. The van der Waals surface area contributed by atoms with Gasteiger partial charge < -0.3 is 24.8 Å². The third-order valence-electron chi connectivity index (χ3n) is 8.90. The Kier molecular flexibility index (Phi) is 18.8. The molecule has 0 saturated heterocycles. The summed E-state index contributed by atoms with van der Waals surface area (Å²) in [5, 5.41) is 18.2. The average Bonchev–Trinajstić information content (AvgIpc) is 4.08. The molecular weight excluding hydrogens is 1030 g/mol. The first-order valence-electron chi connectivity index (χ1n) is 18.9. The van der Waals surface area contributed by atoms with Crippen LogP contribution in [0.1, 0.15) is 31.5 Å². The number of rotatable bonds is 10. The van der Waals surface area contributed by atoms with Crippen molar-refractivity contribution in [3.63, 3.8) is 0 Å². The first-order chi connectivity index (χ1) is 30.9. The van der Waals surface area contributed by atoms with E-state index in [-0.39, 0.29) is 63.7 Å². The summed E-state index contributed by atoms with van der Waals surface area (Å²) in [6.07, 6.45) is -4.87. The molecule has 0 saturated carbocycles. The Morgan fingerprint density at radius 3 is 1.36 bits per heavy atom. The number of halogens is 8. The quantitative estimate of drug-likeness (QED) is 0.103. The summed E-state index contributed by atoms with van der Waals surface area (Å²) in [5.74, 6) is 1.12. The van der Waals surface area contributed by atoms with Crippen LogP contribution >= 0.6 is 31.9 Å². The molecule has 341 valence electrons. The van der Waals surface area contributed by atoms with Gasteiger partial charge in [-0.15, -0.1) is 26.3 Å². The average molecular weight is 1070 g/mol. The van der Waals surface area contributed by atoms with Crippen LogP contribution in [0.2, 0.25) is 0 Å². The van der Waals surface area contributed by atoms with Crippen molar-refractivity contribution in [2.24, 2.45) is 0 Å². The number of aryl methyl sites for hydroxylation is 3. The first kappa shape index (κ1) is 53.9. The SMILES string of the molecule is CCc1ccn(-c2ccc(Br)cc2-c2oc(C)nc2-c2ccc(OC(F)(F)F)cc2)n1.Cc1nc(-c2ccc(OC(F)(F)F)cc2)c(-c2cc(Br)ccc2-n2ccc(CO)n2)o1.O=C=O.[B].[H-].[Na+]. The normalized spacial score (nSPS) is 10.9. The molecule has 0 aliphatic rings. The minimum Gasteiger partial charge on any atom is -1.00 e. The minimum atomic E-state index is -4.76. The van der Waals surface area contributed by atoms with Crippen molar-refractivity contribution in [1.82, 2.24) is 29.5 Å². The van der Waals surface area contributed by atoms with Gasteiger partial charge in [0.2, 0.25) is 0 Å². The molecule has 0 aliphatic heterocycles. The van der Waals surface area contributed by atoms with Crippen molar-refractivity contribution in [3.05, 3.63) is 142 Å². The molecule has 0 atom stereocenters. The van der Waals surface area contributed by atoms with Gasteiger partial charge in [-0.25, -0.2) is 19.3 Å². The molecule has 13 nitrogen and oxygen atoms in total. The van der Waals surface area contributed by atoms with E-state index in [2.05, 4.69) is 61.5 Å². The maximum atomic E-state index is 12.5. The zero-order valence-electron chi connectivity index (χ0n) is 36.5. The van der Waals surface area contributed by atoms with Crippen molar-refractivity contribution in [1.29, 1.82) is 0 Å². The molecule has 3 radical (unpaired) electrons. The maximum absolute atomic E-state index is 12.5. The van der Waals surface area contributed by atoms with Crippen LogP contribution in [0.3, 0.4) is 0 Å².